The van der Waals surface area contributed by atoms with Gasteiger partial charge in [-0.2, -0.15) is 4.98 Å². The number of ether oxygens (including phenoxy) is 1. The Labute approximate surface area is 120 Å². The Morgan fingerprint density at radius 3 is 3.19 bits per heavy atom. The highest BCUT2D eigenvalue weighted by Gasteiger charge is 2.30. The summed E-state index contributed by atoms with van der Waals surface area (Å²) in [6.07, 6.45) is 2.60. The molecule has 1 saturated heterocycles. The Morgan fingerprint density at radius 2 is 2.43 bits per heavy atom. The fraction of sp³-hybridized carbons (Fsp3) is 0.545. The minimum absolute atomic E-state index is 0.0371. The van der Waals surface area contributed by atoms with E-state index in [0.717, 1.165) is 12.8 Å². The van der Waals surface area contributed by atoms with Gasteiger partial charge in [0.15, 0.2) is 17.8 Å². The van der Waals surface area contributed by atoms with Crippen LogP contribution in [0.1, 0.15) is 19.1 Å². The van der Waals surface area contributed by atoms with Gasteiger partial charge in [-0.15, -0.1) is 4.52 Å². The van der Waals surface area contributed by atoms with Crippen LogP contribution in [-0.4, -0.2) is 38.9 Å². The van der Waals surface area contributed by atoms with Crippen molar-refractivity contribution in [1.29, 1.82) is 0 Å². The van der Waals surface area contributed by atoms with Crippen LogP contribution in [0.2, 0.25) is 0 Å². The number of hydrogen-bond donors (Lipinski definition) is 2. The van der Waals surface area contributed by atoms with E-state index < -0.39 is 8.03 Å². The zero-order valence-corrected chi connectivity index (χ0v) is 12.2. The molecule has 2 aromatic heterocycles. The summed E-state index contributed by atoms with van der Waals surface area (Å²) >= 11 is 0. The van der Waals surface area contributed by atoms with Crippen molar-refractivity contribution in [2.45, 2.75) is 25.2 Å². The molecule has 3 atom stereocenters. The molecule has 0 saturated carbocycles. The van der Waals surface area contributed by atoms with Crippen molar-refractivity contribution in [1.82, 2.24) is 19.5 Å². The van der Waals surface area contributed by atoms with Crippen LogP contribution < -0.4 is 11.3 Å². The van der Waals surface area contributed by atoms with Crippen LogP contribution in [0.25, 0.3) is 11.2 Å². The number of rotatable bonds is 4. The van der Waals surface area contributed by atoms with Crippen LogP contribution >= 0.6 is 8.03 Å². The second-order valence-electron chi connectivity index (χ2n) is 4.80. The summed E-state index contributed by atoms with van der Waals surface area (Å²) in [5.74, 6) is 0.0371. The SMILES string of the molecule is C[P+](=O)OCC1CCC(n2cnc3c(=O)[nH]c(N)nc32)O1. The molecule has 0 spiro atoms. The highest BCUT2D eigenvalue weighted by Crippen LogP contribution is 2.31. The highest BCUT2D eigenvalue weighted by atomic mass is 31.1. The van der Waals surface area contributed by atoms with Crippen LogP contribution in [0.4, 0.5) is 5.95 Å². The first-order valence-corrected chi connectivity index (χ1v) is 8.08. The summed E-state index contributed by atoms with van der Waals surface area (Å²) in [6.45, 7) is 1.79. The van der Waals surface area contributed by atoms with Crippen molar-refractivity contribution in [3.8, 4) is 0 Å². The number of nitrogens with one attached hydrogen (secondary N) is 1. The number of anilines is 1. The summed E-state index contributed by atoms with van der Waals surface area (Å²) in [5.41, 5.74) is 5.80. The fourth-order valence-corrected chi connectivity index (χ4v) is 2.73. The molecular weight excluding hydrogens is 297 g/mol. The average Bonchev–Trinajstić information content (AvgIpc) is 3.02. The topological polar surface area (TPSA) is 125 Å². The summed E-state index contributed by atoms with van der Waals surface area (Å²) in [4.78, 5) is 22.3. The second kappa shape index (κ2) is 5.51. The summed E-state index contributed by atoms with van der Waals surface area (Å²) in [6, 6.07) is 0. The van der Waals surface area contributed by atoms with E-state index in [4.69, 9.17) is 15.0 Å². The van der Waals surface area contributed by atoms with Crippen molar-refractivity contribution in [2.75, 3.05) is 19.0 Å². The van der Waals surface area contributed by atoms with E-state index in [1.807, 2.05) is 0 Å². The Kier molecular flexibility index (Phi) is 3.71. The Morgan fingerprint density at radius 1 is 1.62 bits per heavy atom. The molecule has 0 bridgehead atoms. The van der Waals surface area contributed by atoms with Gasteiger partial charge in [-0.25, -0.2) is 4.98 Å². The lowest BCUT2D eigenvalue weighted by atomic mass is 10.2. The number of aromatic nitrogens is 4. The van der Waals surface area contributed by atoms with Gasteiger partial charge in [-0.3, -0.25) is 14.3 Å². The normalized spacial score (nSPS) is 22.8. The predicted molar refractivity (Wildman–Crippen MR) is 75.2 cm³/mol. The number of aromatic amines is 1. The quantitative estimate of drug-likeness (QED) is 0.798. The molecule has 9 nitrogen and oxygen atoms in total. The van der Waals surface area contributed by atoms with Crippen molar-refractivity contribution in [3.05, 3.63) is 16.7 Å². The second-order valence-corrected chi connectivity index (χ2v) is 5.94. The Bertz CT molecular complexity index is 742. The molecule has 1 aliphatic heterocycles. The van der Waals surface area contributed by atoms with Crippen molar-refractivity contribution in [2.24, 2.45) is 0 Å². The lowest BCUT2D eigenvalue weighted by molar-refractivity contribution is -0.0145. The van der Waals surface area contributed by atoms with E-state index in [0.29, 0.717) is 5.65 Å². The summed E-state index contributed by atoms with van der Waals surface area (Å²) in [7, 11) is -1.64. The van der Waals surface area contributed by atoms with Crippen LogP contribution in [0.3, 0.4) is 0 Å². The monoisotopic (exact) mass is 312 g/mol. The minimum Gasteiger partial charge on any atom is -0.369 e. The molecule has 3 rings (SSSR count). The van der Waals surface area contributed by atoms with Crippen molar-refractivity contribution < 1.29 is 13.8 Å². The van der Waals surface area contributed by atoms with Gasteiger partial charge in [0.1, 0.15) is 12.8 Å². The first kappa shape index (κ1) is 14.1. The Balaban J connectivity index is 1.82. The molecule has 112 valence electrons. The molecule has 1 aliphatic rings. The molecule has 3 N–H and O–H groups in total. The van der Waals surface area contributed by atoms with Crippen LogP contribution in [0, 0.1) is 0 Å². The van der Waals surface area contributed by atoms with Gasteiger partial charge < -0.3 is 10.5 Å². The molecule has 0 amide bonds. The van der Waals surface area contributed by atoms with Gasteiger partial charge >= 0.3 is 8.03 Å². The zero-order chi connectivity index (χ0) is 15.0. The maximum Gasteiger partial charge on any atom is 0.504 e. The maximum absolute atomic E-state index is 11.7. The van der Waals surface area contributed by atoms with E-state index in [1.165, 1.54) is 13.0 Å². The molecule has 0 aromatic carbocycles. The lowest BCUT2D eigenvalue weighted by Crippen LogP contribution is -2.16. The lowest BCUT2D eigenvalue weighted by Gasteiger charge is -2.13. The standard InChI is InChI=1S/C11H14N5O4P/c1-21(18)19-4-6-2-3-7(20-6)16-5-13-8-9(16)14-11(12)15-10(8)17/h5-7H,2-4H2,1H3,(H2-,12,14,15,17)/p+1. The first-order valence-electron chi connectivity index (χ1n) is 6.46. The summed E-state index contributed by atoms with van der Waals surface area (Å²) in [5, 5.41) is 0. The minimum atomic E-state index is -1.64. The molecule has 0 aliphatic carbocycles. The van der Waals surface area contributed by atoms with E-state index in [9.17, 15) is 9.36 Å². The van der Waals surface area contributed by atoms with Crippen LogP contribution in [0.15, 0.2) is 11.1 Å². The number of nitrogens with zero attached hydrogens (tertiary/aromatic N) is 3. The van der Waals surface area contributed by atoms with Gasteiger partial charge in [0, 0.05) is 0 Å². The molecule has 10 heteroatoms. The zero-order valence-electron chi connectivity index (χ0n) is 11.4. The number of nitrogens with two attached hydrogens (primary N) is 1. The molecule has 0 radical (unpaired) electrons. The number of H-pyrrole nitrogens is 1. The fourth-order valence-electron chi connectivity index (χ4n) is 2.36. The van der Waals surface area contributed by atoms with Gasteiger partial charge in [-0.05, 0) is 17.4 Å². The van der Waals surface area contributed by atoms with Gasteiger partial charge in [0.05, 0.1) is 12.4 Å². The maximum atomic E-state index is 11.7. The predicted octanol–water partition coefficient (Wildman–Crippen LogP) is 0.768. The van der Waals surface area contributed by atoms with E-state index >= 15 is 0 Å². The Hall–Kier alpha value is -1.83. The number of imidazole rings is 1. The van der Waals surface area contributed by atoms with Crippen molar-refractivity contribution >= 4 is 25.1 Å². The molecule has 3 heterocycles. The van der Waals surface area contributed by atoms with Crippen molar-refractivity contribution in [3.63, 3.8) is 0 Å². The summed E-state index contributed by atoms with van der Waals surface area (Å²) < 4.78 is 23.5. The smallest absolute Gasteiger partial charge is 0.369 e. The molecule has 2 aromatic rings. The number of hydrogen-bond acceptors (Lipinski definition) is 7. The molecule has 3 unspecified atom stereocenters. The van der Waals surface area contributed by atoms with Gasteiger partial charge in [0.2, 0.25) is 5.95 Å². The highest BCUT2D eigenvalue weighted by molar-refractivity contribution is 7.38. The molecule has 1 fully saturated rings. The van der Waals surface area contributed by atoms with E-state index in [-0.39, 0.29) is 36.0 Å². The van der Waals surface area contributed by atoms with Crippen LogP contribution in [-0.2, 0) is 13.8 Å². The number of fused-ring (bicyclic) bond motifs is 1. The molecule has 21 heavy (non-hydrogen) atoms. The van der Waals surface area contributed by atoms with Gasteiger partial charge in [-0.1, -0.05) is 0 Å². The van der Waals surface area contributed by atoms with E-state index in [2.05, 4.69) is 15.0 Å². The van der Waals surface area contributed by atoms with Crippen LogP contribution in [0.5, 0.6) is 0 Å². The third-order valence-corrected chi connectivity index (χ3v) is 3.80. The molecular formula is C11H15N5O4P+. The average molecular weight is 312 g/mol. The number of nitrogen functional groups attached to an aromatic ring is 1. The van der Waals surface area contributed by atoms with E-state index in [1.54, 1.807) is 4.57 Å². The third-order valence-electron chi connectivity index (χ3n) is 3.29. The largest absolute Gasteiger partial charge is 0.504 e. The van der Waals surface area contributed by atoms with Gasteiger partial charge in [0.25, 0.3) is 5.56 Å². The first-order chi connectivity index (χ1) is 10.0. The third kappa shape index (κ3) is 2.80.